The summed E-state index contributed by atoms with van der Waals surface area (Å²) in [6.07, 6.45) is 8.60. The fourth-order valence-corrected chi connectivity index (χ4v) is 1.77. The van der Waals surface area contributed by atoms with Gasteiger partial charge in [0.2, 0.25) is 5.96 Å². The molecule has 0 spiro atoms. The molecule has 3 aliphatic rings. The highest BCUT2D eigenvalue weighted by Crippen LogP contribution is 2.24. The van der Waals surface area contributed by atoms with E-state index in [1.165, 1.54) is 13.3 Å². The number of amidine groups is 1. The van der Waals surface area contributed by atoms with Gasteiger partial charge in [-0.1, -0.05) is 0 Å². The van der Waals surface area contributed by atoms with Crippen molar-refractivity contribution in [3.05, 3.63) is 35.7 Å². The number of Topliss-reactive ketones (excluding diaryl/α,β-unsaturated/α-hetero) is 1. The van der Waals surface area contributed by atoms with Crippen LogP contribution in [0, 0.1) is 0 Å². The monoisotopic (exact) mass is 212 g/mol. The molecule has 3 aliphatic heterocycles. The lowest BCUT2D eigenvalue weighted by atomic mass is 10.0. The Morgan fingerprint density at radius 1 is 1.31 bits per heavy atom. The molecule has 0 radical (unpaired) electrons. The van der Waals surface area contributed by atoms with E-state index in [9.17, 15) is 4.79 Å². The maximum Gasteiger partial charge on any atom is 0.237 e. The number of rotatable bonds is 1. The predicted octanol–water partition coefficient (Wildman–Crippen LogP) is 1.02. The third-order valence-electron chi connectivity index (χ3n) is 2.50. The number of nitrogens with zero attached hydrogens (tertiary/aromatic N) is 4. The van der Waals surface area contributed by atoms with Crippen molar-refractivity contribution in [3.8, 4) is 0 Å². The highest BCUT2D eigenvalue weighted by Gasteiger charge is 2.30. The molecule has 0 atom stereocenters. The Kier molecular flexibility index (Phi) is 1.73. The van der Waals surface area contributed by atoms with E-state index in [-0.39, 0.29) is 5.78 Å². The van der Waals surface area contributed by atoms with Crippen LogP contribution in [0.25, 0.3) is 0 Å². The van der Waals surface area contributed by atoms with E-state index >= 15 is 0 Å². The number of hydrogen-bond acceptors (Lipinski definition) is 5. The van der Waals surface area contributed by atoms with Gasteiger partial charge in [0.05, 0.1) is 11.3 Å². The molecule has 0 aliphatic carbocycles. The van der Waals surface area contributed by atoms with Crippen molar-refractivity contribution < 1.29 is 4.79 Å². The molecule has 0 unspecified atom stereocenters. The van der Waals surface area contributed by atoms with Crippen LogP contribution >= 0.6 is 0 Å². The smallest absolute Gasteiger partial charge is 0.237 e. The van der Waals surface area contributed by atoms with Crippen molar-refractivity contribution in [1.82, 2.24) is 4.90 Å². The molecular formula is C11H8N4O. The van der Waals surface area contributed by atoms with Gasteiger partial charge in [0.1, 0.15) is 6.34 Å². The zero-order chi connectivity index (χ0) is 11.1. The van der Waals surface area contributed by atoms with Crippen LogP contribution in [0.3, 0.4) is 0 Å². The van der Waals surface area contributed by atoms with Crippen LogP contribution in [0.4, 0.5) is 0 Å². The summed E-state index contributed by atoms with van der Waals surface area (Å²) in [6.45, 7) is 1.52. The SMILES string of the molecule is CC(=O)C1=CC=C2C=CN=C3N=CN=C1N23. The average Bonchev–Trinajstić information content (AvgIpc) is 2.30. The standard InChI is InChI=1S/C11H8N4O/c1-7(16)9-3-2-8-4-5-12-11-14-6-13-10(9)15(8)11/h2-6H,1H3. The summed E-state index contributed by atoms with van der Waals surface area (Å²) in [5.41, 5.74) is 1.50. The predicted molar refractivity (Wildman–Crippen MR) is 61.2 cm³/mol. The van der Waals surface area contributed by atoms with E-state index < -0.39 is 0 Å². The van der Waals surface area contributed by atoms with Gasteiger partial charge in [-0.15, -0.1) is 0 Å². The quantitative estimate of drug-likeness (QED) is 0.651. The van der Waals surface area contributed by atoms with Crippen LogP contribution in [0.15, 0.2) is 50.7 Å². The van der Waals surface area contributed by atoms with Crippen molar-refractivity contribution in [2.45, 2.75) is 6.92 Å². The zero-order valence-electron chi connectivity index (χ0n) is 8.58. The first-order valence-corrected chi connectivity index (χ1v) is 4.85. The number of hydrogen-bond donors (Lipinski definition) is 0. The summed E-state index contributed by atoms with van der Waals surface area (Å²) >= 11 is 0. The molecule has 0 fully saturated rings. The number of carbonyl (C=O) groups is 1. The van der Waals surface area contributed by atoms with Crippen LogP contribution in [-0.4, -0.2) is 28.8 Å². The van der Waals surface area contributed by atoms with Crippen molar-refractivity contribution >= 4 is 23.9 Å². The second-order valence-electron chi connectivity index (χ2n) is 3.51. The number of ketones is 1. The fourth-order valence-electron chi connectivity index (χ4n) is 1.77. The molecule has 78 valence electrons. The summed E-state index contributed by atoms with van der Waals surface area (Å²) in [7, 11) is 0. The molecule has 3 heterocycles. The molecule has 0 N–H and O–H groups in total. The average molecular weight is 212 g/mol. The van der Waals surface area contributed by atoms with E-state index in [4.69, 9.17) is 0 Å². The van der Waals surface area contributed by atoms with Gasteiger partial charge in [-0.3, -0.25) is 9.69 Å². The Hall–Kier alpha value is -2.30. The molecule has 0 aromatic heterocycles. The van der Waals surface area contributed by atoms with Crippen LogP contribution in [0.2, 0.25) is 0 Å². The van der Waals surface area contributed by atoms with E-state index in [0.29, 0.717) is 17.4 Å². The minimum Gasteiger partial charge on any atom is -0.294 e. The highest BCUT2D eigenvalue weighted by molar-refractivity contribution is 6.28. The third kappa shape index (κ3) is 1.11. The second-order valence-corrected chi connectivity index (χ2v) is 3.51. The number of aliphatic imine (C=N–C) groups is 3. The minimum atomic E-state index is -0.0155. The molecule has 0 saturated carbocycles. The zero-order valence-corrected chi connectivity index (χ0v) is 8.58. The number of allylic oxidation sites excluding steroid dienone is 3. The minimum absolute atomic E-state index is 0.0155. The van der Waals surface area contributed by atoms with E-state index in [2.05, 4.69) is 15.0 Å². The Balaban J connectivity index is 2.21. The summed E-state index contributed by atoms with van der Waals surface area (Å²) in [5, 5.41) is 0. The van der Waals surface area contributed by atoms with Gasteiger partial charge in [-0.05, 0) is 25.2 Å². The van der Waals surface area contributed by atoms with Gasteiger partial charge >= 0.3 is 0 Å². The number of carbonyl (C=O) groups excluding carboxylic acids is 1. The van der Waals surface area contributed by atoms with Crippen LogP contribution < -0.4 is 0 Å². The van der Waals surface area contributed by atoms with Gasteiger partial charge < -0.3 is 0 Å². The topological polar surface area (TPSA) is 57.4 Å². The van der Waals surface area contributed by atoms with Crippen molar-refractivity contribution in [1.29, 1.82) is 0 Å². The molecule has 0 bridgehead atoms. The van der Waals surface area contributed by atoms with Crippen molar-refractivity contribution in [2.75, 3.05) is 0 Å². The largest absolute Gasteiger partial charge is 0.294 e. The molecule has 0 saturated heterocycles. The molecule has 0 amide bonds. The first-order valence-electron chi connectivity index (χ1n) is 4.85. The van der Waals surface area contributed by atoms with Crippen molar-refractivity contribution in [2.24, 2.45) is 15.0 Å². The van der Waals surface area contributed by atoms with E-state index in [1.807, 2.05) is 12.2 Å². The normalized spacial score (nSPS) is 20.7. The summed E-state index contributed by atoms with van der Waals surface area (Å²) in [6, 6.07) is 0. The Morgan fingerprint density at radius 3 is 3.00 bits per heavy atom. The lowest BCUT2D eigenvalue weighted by molar-refractivity contribution is -0.113. The molecule has 5 heteroatoms. The van der Waals surface area contributed by atoms with Gasteiger partial charge in [0, 0.05) is 6.20 Å². The molecule has 5 nitrogen and oxygen atoms in total. The second kappa shape index (κ2) is 3.10. The van der Waals surface area contributed by atoms with Crippen LogP contribution in [0.5, 0.6) is 0 Å². The van der Waals surface area contributed by atoms with Gasteiger partial charge in [-0.2, -0.15) is 0 Å². The van der Waals surface area contributed by atoms with Crippen LogP contribution in [-0.2, 0) is 4.79 Å². The van der Waals surface area contributed by atoms with Gasteiger partial charge in [-0.25, -0.2) is 15.0 Å². The molecule has 0 aromatic carbocycles. The highest BCUT2D eigenvalue weighted by atomic mass is 16.1. The molecule has 3 rings (SSSR count). The third-order valence-corrected chi connectivity index (χ3v) is 2.50. The van der Waals surface area contributed by atoms with Gasteiger partial charge in [0.15, 0.2) is 11.6 Å². The summed E-state index contributed by atoms with van der Waals surface area (Å²) < 4.78 is 0. The lowest BCUT2D eigenvalue weighted by Crippen LogP contribution is -2.41. The Labute approximate surface area is 91.9 Å². The molecular weight excluding hydrogens is 204 g/mol. The molecule has 0 aromatic rings. The Morgan fingerprint density at radius 2 is 2.19 bits per heavy atom. The molecule has 16 heavy (non-hydrogen) atoms. The lowest BCUT2D eigenvalue weighted by Gasteiger charge is -2.31. The fraction of sp³-hybridized carbons (Fsp3) is 0.0909. The first-order chi connectivity index (χ1) is 7.77. The van der Waals surface area contributed by atoms with Crippen molar-refractivity contribution in [3.63, 3.8) is 0 Å². The number of guanidine groups is 1. The van der Waals surface area contributed by atoms with E-state index in [1.54, 1.807) is 17.2 Å². The maximum atomic E-state index is 11.5. The van der Waals surface area contributed by atoms with Gasteiger partial charge in [0.25, 0.3) is 0 Å². The summed E-state index contributed by atoms with van der Waals surface area (Å²) in [4.78, 5) is 25.6. The van der Waals surface area contributed by atoms with Crippen LogP contribution in [0.1, 0.15) is 6.92 Å². The maximum absolute atomic E-state index is 11.5. The summed E-state index contributed by atoms with van der Waals surface area (Å²) in [5.74, 6) is 1.13. The first kappa shape index (κ1) is 8.96. The Bertz CT molecular complexity index is 561. The van der Waals surface area contributed by atoms with E-state index in [0.717, 1.165) is 5.70 Å².